The van der Waals surface area contributed by atoms with Gasteiger partial charge in [0.05, 0.1) is 19.3 Å². The standard InChI is InChI=1S/C17H21NO2/c1-13-5-3-8-16(9-13)18-17(11-19)15-7-4-6-14(10-15)12-20-2/h3-10,17-19H,11-12H2,1-2H3. The van der Waals surface area contributed by atoms with Crippen molar-refractivity contribution < 1.29 is 9.84 Å². The van der Waals surface area contributed by atoms with Crippen molar-refractivity contribution in [2.75, 3.05) is 19.0 Å². The molecule has 3 heteroatoms. The predicted molar refractivity (Wildman–Crippen MR) is 81.8 cm³/mol. The average molecular weight is 271 g/mol. The Balaban J connectivity index is 2.17. The van der Waals surface area contributed by atoms with Gasteiger partial charge in [-0.15, -0.1) is 0 Å². The number of aliphatic hydroxyl groups is 1. The molecule has 0 amide bonds. The minimum atomic E-state index is -0.117. The summed E-state index contributed by atoms with van der Waals surface area (Å²) in [6.45, 7) is 2.68. The molecule has 0 aliphatic heterocycles. The van der Waals surface area contributed by atoms with Crippen LogP contribution < -0.4 is 5.32 Å². The third-order valence-electron chi connectivity index (χ3n) is 3.21. The number of aryl methyl sites for hydroxylation is 1. The summed E-state index contributed by atoms with van der Waals surface area (Å²) in [5.41, 5.74) is 4.37. The molecule has 0 aliphatic rings. The highest BCUT2D eigenvalue weighted by atomic mass is 16.5. The molecule has 0 aliphatic carbocycles. The third kappa shape index (κ3) is 3.83. The van der Waals surface area contributed by atoms with Crippen LogP contribution in [-0.4, -0.2) is 18.8 Å². The molecule has 2 aromatic carbocycles. The number of hydrogen-bond acceptors (Lipinski definition) is 3. The van der Waals surface area contributed by atoms with Crippen molar-refractivity contribution in [2.24, 2.45) is 0 Å². The van der Waals surface area contributed by atoms with Gasteiger partial charge in [0, 0.05) is 12.8 Å². The van der Waals surface area contributed by atoms with Crippen molar-refractivity contribution >= 4 is 5.69 Å². The number of aliphatic hydroxyl groups excluding tert-OH is 1. The number of rotatable bonds is 6. The molecule has 1 atom stereocenters. The van der Waals surface area contributed by atoms with Crippen LogP contribution in [0.3, 0.4) is 0 Å². The lowest BCUT2D eigenvalue weighted by Crippen LogP contribution is -2.15. The van der Waals surface area contributed by atoms with Crippen LogP contribution >= 0.6 is 0 Å². The lowest BCUT2D eigenvalue weighted by Gasteiger charge is -2.19. The molecular weight excluding hydrogens is 250 g/mol. The molecule has 0 saturated heterocycles. The molecule has 3 nitrogen and oxygen atoms in total. The normalized spacial score (nSPS) is 12.2. The molecule has 2 aromatic rings. The quantitative estimate of drug-likeness (QED) is 0.847. The molecule has 0 bridgehead atoms. The zero-order valence-corrected chi connectivity index (χ0v) is 12.0. The van der Waals surface area contributed by atoms with Crippen molar-refractivity contribution in [3.8, 4) is 0 Å². The Morgan fingerprint density at radius 1 is 1.15 bits per heavy atom. The molecule has 0 fully saturated rings. The first-order valence-corrected chi connectivity index (χ1v) is 6.75. The van der Waals surface area contributed by atoms with E-state index in [2.05, 4.69) is 30.4 Å². The second-order valence-corrected chi connectivity index (χ2v) is 4.93. The summed E-state index contributed by atoms with van der Waals surface area (Å²) in [5.74, 6) is 0. The Hall–Kier alpha value is -1.84. The van der Waals surface area contributed by atoms with Gasteiger partial charge in [0.2, 0.25) is 0 Å². The van der Waals surface area contributed by atoms with Crippen LogP contribution in [-0.2, 0) is 11.3 Å². The van der Waals surface area contributed by atoms with Gasteiger partial charge in [-0.2, -0.15) is 0 Å². The fourth-order valence-corrected chi connectivity index (χ4v) is 2.24. The lowest BCUT2D eigenvalue weighted by molar-refractivity contribution is 0.184. The first-order chi connectivity index (χ1) is 9.72. The van der Waals surface area contributed by atoms with Crippen LogP contribution in [0.1, 0.15) is 22.7 Å². The Kier molecular flexibility index (Phi) is 5.16. The summed E-state index contributed by atoms with van der Waals surface area (Å²) >= 11 is 0. The van der Waals surface area contributed by atoms with Crippen LogP contribution in [0.25, 0.3) is 0 Å². The molecule has 20 heavy (non-hydrogen) atoms. The highest BCUT2D eigenvalue weighted by Gasteiger charge is 2.10. The Morgan fingerprint density at radius 3 is 2.65 bits per heavy atom. The van der Waals surface area contributed by atoms with Gasteiger partial charge >= 0.3 is 0 Å². The highest BCUT2D eigenvalue weighted by molar-refractivity contribution is 5.47. The van der Waals surface area contributed by atoms with Gasteiger partial charge in [-0.25, -0.2) is 0 Å². The molecular formula is C17H21NO2. The SMILES string of the molecule is COCc1cccc(C(CO)Nc2cccc(C)c2)c1. The lowest BCUT2D eigenvalue weighted by atomic mass is 10.0. The van der Waals surface area contributed by atoms with E-state index in [1.807, 2.05) is 30.3 Å². The van der Waals surface area contributed by atoms with Gasteiger partial charge in [0.1, 0.15) is 0 Å². The molecule has 1 unspecified atom stereocenters. The van der Waals surface area contributed by atoms with E-state index in [9.17, 15) is 5.11 Å². The van der Waals surface area contributed by atoms with E-state index in [-0.39, 0.29) is 12.6 Å². The van der Waals surface area contributed by atoms with Gasteiger partial charge in [0.25, 0.3) is 0 Å². The van der Waals surface area contributed by atoms with Crippen LogP contribution in [0.5, 0.6) is 0 Å². The van der Waals surface area contributed by atoms with Crippen molar-refractivity contribution in [3.63, 3.8) is 0 Å². The van der Waals surface area contributed by atoms with Crippen LogP contribution in [0.4, 0.5) is 5.69 Å². The maximum Gasteiger partial charge on any atom is 0.0745 e. The Bertz CT molecular complexity index is 554. The number of methoxy groups -OCH3 is 1. The molecule has 2 rings (SSSR count). The summed E-state index contributed by atoms with van der Waals surface area (Å²) in [7, 11) is 1.68. The minimum Gasteiger partial charge on any atom is -0.394 e. The van der Waals surface area contributed by atoms with Gasteiger partial charge in [-0.3, -0.25) is 0 Å². The van der Waals surface area contributed by atoms with E-state index in [0.29, 0.717) is 6.61 Å². The minimum absolute atomic E-state index is 0.0460. The number of ether oxygens (including phenoxy) is 1. The van der Waals surface area contributed by atoms with Gasteiger partial charge in [-0.05, 0) is 35.7 Å². The van der Waals surface area contributed by atoms with Crippen molar-refractivity contribution in [3.05, 3.63) is 65.2 Å². The Labute approximate surface area is 120 Å². The maximum absolute atomic E-state index is 9.64. The van der Waals surface area contributed by atoms with Gasteiger partial charge < -0.3 is 15.2 Å². The fourth-order valence-electron chi connectivity index (χ4n) is 2.24. The van der Waals surface area contributed by atoms with Crippen LogP contribution in [0, 0.1) is 6.92 Å². The molecule has 106 valence electrons. The molecule has 0 heterocycles. The van der Waals surface area contributed by atoms with E-state index in [0.717, 1.165) is 16.8 Å². The number of anilines is 1. The zero-order valence-electron chi connectivity index (χ0n) is 12.0. The second kappa shape index (κ2) is 7.08. The van der Waals surface area contributed by atoms with E-state index in [1.54, 1.807) is 7.11 Å². The number of nitrogens with one attached hydrogen (secondary N) is 1. The van der Waals surface area contributed by atoms with E-state index in [1.165, 1.54) is 5.56 Å². The first kappa shape index (κ1) is 14.6. The van der Waals surface area contributed by atoms with Crippen LogP contribution in [0.15, 0.2) is 48.5 Å². The van der Waals surface area contributed by atoms with Crippen molar-refractivity contribution in [2.45, 2.75) is 19.6 Å². The molecule has 0 spiro atoms. The largest absolute Gasteiger partial charge is 0.394 e. The molecule has 0 saturated carbocycles. The maximum atomic E-state index is 9.64. The monoisotopic (exact) mass is 271 g/mol. The fraction of sp³-hybridized carbons (Fsp3) is 0.294. The summed E-state index contributed by atoms with van der Waals surface area (Å²) in [4.78, 5) is 0. The van der Waals surface area contributed by atoms with Gasteiger partial charge in [0.15, 0.2) is 0 Å². The summed E-state index contributed by atoms with van der Waals surface area (Å²) in [6, 6.07) is 16.1. The predicted octanol–water partition coefficient (Wildman–Crippen LogP) is 3.29. The summed E-state index contributed by atoms with van der Waals surface area (Å²) in [5, 5.41) is 13.0. The zero-order chi connectivity index (χ0) is 14.4. The third-order valence-corrected chi connectivity index (χ3v) is 3.21. The number of benzene rings is 2. The molecule has 0 aromatic heterocycles. The Morgan fingerprint density at radius 2 is 1.95 bits per heavy atom. The second-order valence-electron chi connectivity index (χ2n) is 4.93. The topological polar surface area (TPSA) is 41.5 Å². The van der Waals surface area contributed by atoms with Crippen molar-refractivity contribution in [1.29, 1.82) is 0 Å². The summed E-state index contributed by atoms with van der Waals surface area (Å²) < 4.78 is 5.15. The van der Waals surface area contributed by atoms with E-state index >= 15 is 0 Å². The van der Waals surface area contributed by atoms with E-state index in [4.69, 9.17) is 4.74 Å². The van der Waals surface area contributed by atoms with Crippen LogP contribution in [0.2, 0.25) is 0 Å². The highest BCUT2D eigenvalue weighted by Crippen LogP contribution is 2.21. The van der Waals surface area contributed by atoms with Crippen molar-refractivity contribution in [1.82, 2.24) is 0 Å². The average Bonchev–Trinajstić information content (AvgIpc) is 2.45. The smallest absolute Gasteiger partial charge is 0.0745 e. The molecule has 0 radical (unpaired) electrons. The summed E-state index contributed by atoms with van der Waals surface area (Å²) in [6.07, 6.45) is 0. The van der Waals surface area contributed by atoms with E-state index < -0.39 is 0 Å². The first-order valence-electron chi connectivity index (χ1n) is 6.75. The number of hydrogen-bond donors (Lipinski definition) is 2. The van der Waals surface area contributed by atoms with Gasteiger partial charge in [-0.1, -0.05) is 36.4 Å². The molecule has 2 N–H and O–H groups in total.